The molecule has 0 saturated heterocycles. The lowest BCUT2D eigenvalue weighted by Gasteiger charge is -2.12. The highest BCUT2D eigenvalue weighted by Crippen LogP contribution is 2.36. The molecule has 5 rings (SSSR count). The number of hydrogen-bond acceptors (Lipinski definition) is 5. The molecule has 1 N–H and O–H groups in total. The molecule has 35 heavy (non-hydrogen) atoms. The quantitative estimate of drug-likeness (QED) is 0.263. The molecule has 1 amide bonds. The van der Waals surface area contributed by atoms with Gasteiger partial charge in [0, 0.05) is 29.6 Å². The number of nitrogens with one attached hydrogen (secondary N) is 1. The van der Waals surface area contributed by atoms with Crippen LogP contribution in [0, 0.1) is 5.82 Å². The molecule has 0 spiro atoms. The van der Waals surface area contributed by atoms with Gasteiger partial charge in [-0.05, 0) is 30.2 Å². The van der Waals surface area contributed by atoms with Crippen LogP contribution in [0.4, 0.5) is 9.39 Å². The zero-order valence-electron chi connectivity index (χ0n) is 18.8. The summed E-state index contributed by atoms with van der Waals surface area (Å²) in [6.45, 7) is 2.22. The minimum Gasteiger partial charge on any atom is -0.463 e. The molecular weight excluding hydrogens is 467 g/mol. The average Bonchev–Trinajstić information content (AvgIpc) is 3.56. The third kappa shape index (κ3) is 4.48. The van der Waals surface area contributed by atoms with Gasteiger partial charge in [0.1, 0.15) is 22.1 Å². The molecule has 2 aromatic carbocycles. The summed E-state index contributed by atoms with van der Waals surface area (Å²) < 4.78 is 26.3. The highest BCUT2D eigenvalue weighted by atomic mass is 32.1. The number of rotatable bonds is 7. The molecule has 3 heterocycles. The van der Waals surface area contributed by atoms with Crippen LogP contribution in [-0.2, 0) is 11.3 Å². The molecule has 5 aromatic rings. The first kappa shape index (κ1) is 22.6. The fourth-order valence-corrected chi connectivity index (χ4v) is 4.96. The lowest BCUT2D eigenvalue weighted by atomic mass is 10.0. The third-order valence-corrected chi connectivity index (χ3v) is 6.46. The molecule has 0 radical (unpaired) electrons. The highest BCUT2D eigenvalue weighted by molar-refractivity contribution is 7.15. The normalized spacial score (nSPS) is 11.0. The number of esters is 1. The highest BCUT2D eigenvalue weighted by Gasteiger charge is 2.25. The third-order valence-electron chi connectivity index (χ3n) is 5.57. The van der Waals surface area contributed by atoms with Crippen LogP contribution in [0.3, 0.4) is 0 Å². The van der Waals surface area contributed by atoms with Crippen LogP contribution in [0.25, 0.3) is 22.2 Å². The fourth-order valence-electron chi connectivity index (χ4n) is 4.01. The van der Waals surface area contributed by atoms with Crippen molar-refractivity contribution in [2.24, 2.45) is 0 Å². The number of ether oxygens (including phenoxy) is 1. The largest absolute Gasteiger partial charge is 0.463 e. The molecule has 0 fully saturated rings. The van der Waals surface area contributed by atoms with Gasteiger partial charge < -0.3 is 19.0 Å². The van der Waals surface area contributed by atoms with E-state index >= 15 is 0 Å². The van der Waals surface area contributed by atoms with Crippen molar-refractivity contribution in [3.8, 4) is 11.1 Å². The van der Waals surface area contributed by atoms with E-state index in [1.54, 1.807) is 42.0 Å². The number of amides is 1. The van der Waals surface area contributed by atoms with Crippen molar-refractivity contribution in [1.29, 1.82) is 0 Å². The lowest BCUT2D eigenvalue weighted by molar-refractivity contribution is 0.0529. The van der Waals surface area contributed by atoms with Gasteiger partial charge in [-0.15, -0.1) is 11.3 Å². The van der Waals surface area contributed by atoms with Crippen molar-refractivity contribution >= 4 is 39.3 Å². The summed E-state index contributed by atoms with van der Waals surface area (Å²) in [5.41, 5.74) is 4.12. The number of hydrogen-bond donors (Lipinski definition) is 1. The van der Waals surface area contributed by atoms with Crippen molar-refractivity contribution in [3.63, 3.8) is 0 Å². The number of nitrogens with zero attached hydrogens (tertiary/aromatic N) is 1. The maximum Gasteiger partial charge on any atom is 0.341 e. The molecule has 0 saturated carbocycles. The smallest absolute Gasteiger partial charge is 0.341 e. The van der Waals surface area contributed by atoms with Gasteiger partial charge in [0.05, 0.1) is 18.4 Å². The summed E-state index contributed by atoms with van der Waals surface area (Å²) in [5.74, 6) is -1.28. The number of anilines is 1. The Morgan fingerprint density at radius 1 is 1.09 bits per heavy atom. The zero-order chi connectivity index (χ0) is 24.4. The Bertz CT molecular complexity index is 1520. The SMILES string of the molecule is CCOC(=O)c1c(-c2ccccc2)csc1NC(=O)c1cc2occc2n1Cc1cccc(F)c1. The Labute approximate surface area is 204 Å². The molecule has 8 heteroatoms. The molecule has 0 bridgehead atoms. The van der Waals surface area contributed by atoms with E-state index in [4.69, 9.17) is 9.15 Å². The topological polar surface area (TPSA) is 73.5 Å². The summed E-state index contributed by atoms with van der Waals surface area (Å²) >= 11 is 1.25. The first-order valence-electron chi connectivity index (χ1n) is 11.0. The Hall–Kier alpha value is -4.17. The first-order valence-corrected chi connectivity index (χ1v) is 11.9. The monoisotopic (exact) mass is 488 g/mol. The first-order chi connectivity index (χ1) is 17.0. The molecule has 0 aliphatic carbocycles. The minimum atomic E-state index is -0.508. The van der Waals surface area contributed by atoms with Crippen LogP contribution in [-0.4, -0.2) is 23.1 Å². The van der Waals surface area contributed by atoms with E-state index in [2.05, 4.69) is 5.32 Å². The van der Waals surface area contributed by atoms with E-state index < -0.39 is 11.9 Å². The van der Waals surface area contributed by atoms with Gasteiger partial charge in [0.15, 0.2) is 5.58 Å². The number of carbonyl (C=O) groups is 2. The van der Waals surface area contributed by atoms with Gasteiger partial charge in [-0.3, -0.25) is 4.79 Å². The minimum absolute atomic E-state index is 0.211. The number of thiophene rings is 1. The molecular formula is C27H21FN2O4S. The van der Waals surface area contributed by atoms with Crippen LogP contribution < -0.4 is 5.32 Å². The van der Waals surface area contributed by atoms with Gasteiger partial charge in [-0.1, -0.05) is 42.5 Å². The van der Waals surface area contributed by atoms with Gasteiger partial charge in [-0.25, -0.2) is 9.18 Å². The molecule has 3 aromatic heterocycles. The second-order valence-corrected chi connectivity index (χ2v) is 8.69. The molecule has 6 nitrogen and oxygen atoms in total. The average molecular weight is 489 g/mol. The maximum absolute atomic E-state index is 13.8. The van der Waals surface area contributed by atoms with Crippen molar-refractivity contribution < 1.29 is 23.1 Å². The Kier molecular flexibility index (Phi) is 6.20. The van der Waals surface area contributed by atoms with Crippen molar-refractivity contribution in [2.75, 3.05) is 11.9 Å². The number of furan rings is 1. The van der Waals surface area contributed by atoms with Gasteiger partial charge >= 0.3 is 5.97 Å². The Morgan fingerprint density at radius 3 is 2.69 bits per heavy atom. The van der Waals surface area contributed by atoms with Crippen LogP contribution in [0.2, 0.25) is 0 Å². The van der Waals surface area contributed by atoms with Crippen molar-refractivity contribution in [2.45, 2.75) is 13.5 Å². The lowest BCUT2D eigenvalue weighted by Crippen LogP contribution is -2.19. The van der Waals surface area contributed by atoms with E-state index in [1.807, 2.05) is 35.7 Å². The van der Waals surface area contributed by atoms with Gasteiger partial charge in [-0.2, -0.15) is 0 Å². The summed E-state index contributed by atoms with van der Waals surface area (Å²) in [5, 5.41) is 5.11. The van der Waals surface area contributed by atoms with E-state index in [-0.39, 0.29) is 19.0 Å². The second-order valence-electron chi connectivity index (χ2n) is 7.81. The second kappa shape index (κ2) is 9.60. The standard InChI is InChI=1S/C27H21FN2O4S/c1-2-33-27(32)24-20(18-8-4-3-5-9-18)16-35-26(24)29-25(31)22-14-23-21(11-12-34-23)30(22)15-17-7-6-10-19(28)13-17/h3-14,16H,2,15H2,1H3,(H,29,31). The summed E-state index contributed by atoms with van der Waals surface area (Å²) in [7, 11) is 0. The van der Waals surface area contributed by atoms with Gasteiger partial charge in [0.2, 0.25) is 0 Å². The number of fused-ring (bicyclic) bond motifs is 1. The van der Waals surface area contributed by atoms with E-state index in [9.17, 15) is 14.0 Å². The van der Waals surface area contributed by atoms with Gasteiger partial charge in [0.25, 0.3) is 5.91 Å². The number of carbonyl (C=O) groups excluding carboxylic acids is 2. The number of benzene rings is 2. The van der Waals surface area contributed by atoms with Crippen molar-refractivity contribution in [1.82, 2.24) is 4.57 Å². The fraction of sp³-hybridized carbons (Fsp3) is 0.111. The van der Waals surface area contributed by atoms with E-state index in [1.165, 1.54) is 23.5 Å². The number of halogens is 1. The predicted octanol–water partition coefficient (Wildman–Crippen LogP) is 6.58. The van der Waals surface area contributed by atoms with E-state index in [0.717, 1.165) is 5.56 Å². The molecule has 0 aliphatic heterocycles. The molecule has 0 atom stereocenters. The van der Waals surface area contributed by atoms with E-state index in [0.29, 0.717) is 38.5 Å². The molecule has 0 unspecified atom stereocenters. The maximum atomic E-state index is 13.8. The molecule has 0 aliphatic rings. The van der Waals surface area contributed by atoms with Crippen molar-refractivity contribution in [3.05, 3.63) is 101 Å². The van der Waals surface area contributed by atoms with Crippen LogP contribution in [0.5, 0.6) is 0 Å². The Morgan fingerprint density at radius 2 is 1.91 bits per heavy atom. The zero-order valence-corrected chi connectivity index (χ0v) is 19.6. The summed E-state index contributed by atoms with van der Waals surface area (Å²) in [6, 6.07) is 19.1. The van der Waals surface area contributed by atoms with Crippen LogP contribution in [0.1, 0.15) is 33.3 Å². The summed E-state index contributed by atoms with van der Waals surface area (Å²) in [6.07, 6.45) is 1.54. The Balaban J connectivity index is 1.52. The number of aromatic nitrogens is 1. The predicted molar refractivity (Wildman–Crippen MR) is 133 cm³/mol. The van der Waals surface area contributed by atoms with Crippen LogP contribution in [0.15, 0.2) is 82.8 Å². The summed E-state index contributed by atoms with van der Waals surface area (Å²) in [4.78, 5) is 26.3. The molecule has 176 valence electrons. The van der Waals surface area contributed by atoms with Crippen LogP contribution >= 0.6 is 11.3 Å².